The fraction of sp³-hybridized carbons (Fsp3) is 1.00. The SMILES string of the molecule is C[C@@H]([NH3+])C12C[C@@H]3C[C@H](CC(S)(C3)C1)C2. The van der Waals surface area contributed by atoms with Gasteiger partial charge in [-0.1, -0.05) is 0 Å². The van der Waals surface area contributed by atoms with Crippen LogP contribution in [0, 0.1) is 17.3 Å². The van der Waals surface area contributed by atoms with Crippen LogP contribution in [0.3, 0.4) is 0 Å². The van der Waals surface area contributed by atoms with Crippen LogP contribution in [0.5, 0.6) is 0 Å². The monoisotopic (exact) mass is 212 g/mol. The highest BCUT2D eigenvalue weighted by Gasteiger charge is 2.58. The minimum Gasteiger partial charge on any atom is -0.355 e. The van der Waals surface area contributed by atoms with E-state index in [0.29, 0.717) is 16.2 Å². The molecule has 4 aliphatic rings. The molecular weight excluding hydrogens is 190 g/mol. The van der Waals surface area contributed by atoms with E-state index in [4.69, 9.17) is 12.6 Å². The van der Waals surface area contributed by atoms with E-state index in [9.17, 15) is 0 Å². The molecule has 4 rings (SSSR count). The van der Waals surface area contributed by atoms with E-state index in [-0.39, 0.29) is 0 Å². The summed E-state index contributed by atoms with van der Waals surface area (Å²) in [6.45, 7) is 2.32. The van der Waals surface area contributed by atoms with Crippen LogP contribution in [0.25, 0.3) is 0 Å². The van der Waals surface area contributed by atoms with Crippen molar-refractivity contribution in [2.45, 2.75) is 56.2 Å². The van der Waals surface area contributed by atoms with Crippen molar-refractivity contribution in [3.05, 3.63) is 0 Å². The van der Waals surface area contributed by atoms with E-state index >= 15 is 0 Å². The molecule has 4 aliphatic carbocycles. The van der Waals surface area contributed by atoms with E-state index < -0.39 is 0 Å². The molecule has 4 fully saturated rings. The van der Waals surface area contributed by atoms with Gasteiger partial charge in [0.05, 0.1) is 6.04 Å². The highest BCUT2D eigenvalue weighted by Crippen LogP contribution is 2.64. The zero-order valence-electron chi connectivity index (χ0n) is 9.13. The van der Waals surface area contributed by atoms with Crippen molar-refractivity contribution in [2.24, 2.45) is 17.3 Å². The molecule has 14 heavy (non-hydrogen) atoms. The van der Waals surface area contributed by atoms with Crippen molar-refractivity contribution in [1.29, 1.82) is 0 Å². The number of hydrogen-bond acceptors (Lipinski definition) is 1. The lowest BCUT2D eigenvalue weighted by Crippen LogP contribution is -2.71. The number of thiol groups is 1. The molecule has 0 aliphatic heterocycles. The van der Waals surface area contributed by atoms with Crippen molar-refractivity contribution in [1.82, 2.24) is 0 Å². The van der Waals surface area contributed by atoms with E-state index in [1.807, 2.05) is 0 Å². The van der Waals surface area contributed by atoms with Crippen LogP contribution in [0.2, 0.25) is 0 Å². The zero-order valence-corrected chi connectivity index (χ0v) is 10.0. The van der Waals surface area contributed by atoms with Crippen LogP contribution in [-0.4, -0.2) is 10.8 Å². The Morgan fingerprint density at radius 2 is 1.79 bits per heavy atom. The van der Waals surface area contributed by atoms with Crippen molar-refractivity contribution in [3.63, 3.8) is 0 Å². The lowest BCUT2D eigenvalue weighted by molar-refractivity contribution is -0.451. The van der Waals surface area contributed by atoms with Gasteiger partial charge in [-0.05, 0) is 57.3 Å². The molecule has 2 heteroatoms. The van der Waals surface area contributed by atoms with Gasteiger partial charge in [-0.3, -0.25) is 0 Å². The standard InChI is InChI=1S/C12H21NS/c1-8(13)11-3-9-2-10(4-11)6-12(14,5-9)7-11/h8-10,14H,2-7,13H2,1H3/p+1/t8-,9+,10+,11?,12?/m1/s1. The Bertz CT molecular complexity index is 247. The highest BCUT2D eigenvalue weighted by molar-refractivity contribution is 7.81. The first-order chi connectivity index (χ1) is 6.51. The van der Waals surface area contributed by atoms with Gasteiger partial charge in [-0.15, -0.1) is 0 Å². The Hall–Kier alpha value is 0.310. The topological polar surface area (TPSA) is 27.6 Å². The fourth-order valence-corrected chi connectivity index (χ4v) is 5.69. The van der Waals surface area contributed by atoms with E-state index in [0.717, 1.165) is 11.8 Å². The quantitative estimate of drug-likeness (QED) is 0.621. The summed E-state index contributed by atoms with van der Waals surface area (Å²) in [5.74, 6) is 1.97. The van der Waals surface area contributed by atoms with Gasteiger partial charge in [0.25, 0.3) is 0 Å². The maximum atomic E-state index is 4.97. The lowest BCUT2D eigenvalue weighted by atomic mass is 9.47. The average molecular weight is 212 g/mol. The van der Waals surface area contributed by atoms with E-state index in [1.54, 1.807) is 0 Å². The fourth-order valence-electron chi connectivity index (χ4n) is 4.86. The smallest absolute Gasteiger partial charge is 0.0872 e. The van der Waals surface area contributed by atoms with Gasteiger partial charge in [0, 0.05) is 10.2 Å². The molecule has 3 N–H and O–H groups in total. The molecule has 3 atom stereocenters. The van der Waals surface area contributed by atoms with Crippen LogP contribution in [0.1, 0.15) is 45.4 Å². The largest absolute Gasteiger partial charge is 0.355 e. The van der Waals surface area contributed by atoms with Crippen molar-refractivity contribution < 1.29 is 5.73 Å². The summed E-state index contributed by atoms with van der Waals surface area (Å²) < 4.78 is 0.399. The van der Waals surface area contributed by atoms with E-state index in [2.05, 4.69) is 12.7 Å². The molecule has 0 amide bonds. The molecular formula is C12H22NS+. The van der Waals surface area contributed by atoms with Gasteiger partial charge in [-0.25, -0.2) is 0 Å². The number of hydrogen-bond donors (Lipinski definition) is 2. The Morgan fingerprint density at radius 1 is 1.21 bits per heavy atom. The molecule has 0 aromatic heterocycles. The Morgan fingerprint density at radius 3 is 2.21 bits per heavy atom. The van der Waals surface area contributed by atoms with Gasteiger partial charge in [0.1, 0.15) is 0 Å². The predicted octanol–water partition coefficient (Wildman–Crippen LogP) is 1.89. The molecule has 0 saturated heterocycles. The molecule has 0 aromatic rings. The third-order valence-corrected chi connectivity index (χ3v) is 5.64. The molecule has 0 spiro atoms. The van der Waals surface area contributed by atoms with Crippen LogP contribution < -0.4 is 5.73 Å². The molecule has 1 nitrogen and oxygen atoms in total. The van der Waals surface area contributed by atoms with Crippen LogP contribution in [0.15, 0.2) is 0 Å². The van der Waals surface area contributed by atoms with Gasteiger partial charge in [0.2, 0.25) is 0 Å². The maximum absolute atomic E-state index is 4.97. The second-order valence-corrected chi connectivity index (χ2v) is 7.40. The predicted molar refractivity (Wildman–Crippen MR) is 61.2 cm³/mol. The summed E-state index contributed by atoms with van der Waals surface area (Å²) in [5, 5.41) is 0. The van der Waals surface area contributed by atoms with Crippen LogP contribution in [-0.2, 0) is 0 Å². The molecule has 0 radical (unpaired) electrons. The summed E-state index contributed by atoms with van der Waals surface area (Å²) in [7, 11) is 0. The summed E-state index contributed by atoms with van der Waals surface area (Å²) in [5.41, 5.74) is 4.90. The summed E-state index contributed by atoms with van der Waals surface area (Å²) >= 11 is 4.97. The molecule has 0 unspecified atom stereocenters. The zero-order chi connectivity index (χ0) is 9.97. The molecule has 0 heterocycles. The summed E-state index contributed by atoms with van der Waals surface area (Å²) in [6, 6.07) is 0.625. The highest BCUT2D eigenvalue weighted by atomic mass is 32.1. The Kier molecular flexibility index (Phi) is 1.84. The van der Waals surface area contributed by atoms with Crippen molar-refractivity contribution in [3.8, 4) is 0 Å². The van der Waals surface area contributed by atoms with Gasteiger partial charge >= 0.3 is 0 Å². The number of rotatable bonds is 1. The van der Waals surface area contributed by atoms with Gasteiger partial charge in [0.15, 0.2) is 0 Å². The first-order valence-corrected chi connectivity index (χ1v) is 6.52. The summed E-state index contributed by atoms with van der Waals surface area (Å²) in [4.78, 5) is 0. The molecule has 0 aromatic carbocycles. The van der Waals surface area contributed by atoms with Gasteiger partial charge in [-0.2, -0.15) is 12.6 Å². The second-order valence-electron chi connectivity index (χ2n) is 6.45. The lowest BCUT2D eigenvalue weighted by Gasteiger charge is -2.61. The Balaban J connectivity index is 1.96. The maximum Gasteiger partial charge on any atom is 0.0872 e. The third kappa shape index (κ3) is 1.19. The molecule has 4 bridgehead atoms. The number of quaternary nitrogens is 1. The Labute approximate surface area is 92.2 Å². The van der Waals surface area contributed by atoms with E-state index in [1.165, 1.54) is 38.5 Å². The average Bonchev–Trinajstić information content (AvgIpc) is 1.98. The minimum atomic E-state index is 0.399. The van der Waals surface area contributed by atoms with Crippen molar-refractivity contribution >= 4 is 12.6 Å². The molecule has 80 valence electrons. The molecule has 4 saturated carbocycles. The van der Waals surface area contributed by atoms with Crippen LogP contribution >= 0.6 is 12.6 Å². The van der Waals surface area contributed by atoms with Crippen molar-refractivity contribution in [2.75, 3.05) is 0 Å². The normalized spacial score (nSPS) is 57.6. The summed E-state index contributed by atoms with van der Waals surface area (Å²) in [6.07, 6.45) is 8.53. The van der Waals surface area contributed by atoms with Crippen LogP contribution in [0.4, 0.5) is 0 Å². The minimum absolute atomic E-state index is 0.399. The first-order valence-electron chi connectivity index (χ1n) is 6.07. The second kappa shape index (κ2) is 2.70. The third-order valence-electron chi connectivity index (χ3n) is 5.12. The van der Waals surface area contributed by atoms with Gasteiger partial charge < -0.3 is 5.73 Å². The first kappa shape index (κ1) is 9.53.